The highest BCUT2D eigenvalue weighted by atomic mass is 16.5. The molecule has 1 aromatic rings. The van der Waals surface area contributed by atoms with Gasteiger partial charge in [-0.25, -0.2) is 0 Å². The van der Waals surface area contributed by atoms with Crippen LogP contribution in [0.3, 0.4) is 0 Å². The average Bonchev–Trinajstić information content (AvgIpc) is 2.39. The summed E-state index contributed by atoms with van der Waals surface area (Å²) < 4.78 is 5.40. The SMILES string of the molecule is COc1ccc(CN(C)CCCCO)cc1C(C)C. The predicted octanol–water partition coefficient (Wildman–Crippen LogP) is 3.02. The molecule has 0 aliphatic heterocycles. The Morgan fingerprint density at radius 1 is 1.26 bits per heavy atom. The summed E-state index contributed by atoms with van der Waals surface area (Å²) in [5.41, 5.74) is 2.58. The number of methoxy groups -OCH3 is 1. The zero-order valence-corrected chi connectivity index (χ0v) is 12.6. The Morgan fingerprint density at radius 3 is 2.58 bits per heavy atom. The Bertz CT molecular complexity index is 377. The van der Waals surface area contributed by atoms with Gasteiger partial charge >= 0.3 is 0 Å². The van der Waals surface area contributed by atoms with Crippen LogP contribution in [-0.4, -0.2) is 37.3 Å². The summed E-state index contributed by atoms with van der Waals surface area (Å²) >= 11 is 0. The Balaban J connectivity index is 2.66. The molecule has 0 aliphatic carbocycles. The van der Waals surface area contributed by atoms with Gasteiger partial charge < -0.3 is 14.7 Å². The molecular weight excluding hydrogens is 238 g/mol. The van der Waals surface area contributed by atoms with Crippen LogP contribution < -0.4 is 4.74 Å². The molecule has 0 atom stereocenters. The Morgan fingerprint density at radius 2 is 2.00 bits per heavy atom. The lowest BCUT2D eigenvalue weighted by Gasteiger charge is -2.19. The maximum Gasteiger partial charge on any atom is 0.122 e. The number of benzene rings is 1. The van der Waals surface area contributed by atoms with Crippen molar-refractivity contribution in [3.63, 3.8) is 0 Å². The van der Waals surface area contributed by atoms with Crippen molar-refractivity contribution >= 4 is 0 Å². The van der Waals surface area contributed by atoms with Gasteiger partial charge in [-0.05, 0) is 49.5 Å². The lowest BCUT2D eigenvalue weighted by atomic mass is 9.99. The van der Waals surface area contributed by atoms with E-state index in [2.05, 4.69) is 44.0 Å². The van der Waals surface area contributed by atoms with E-state index in [-0.39, 0.29) is 6.61 Å². The molecule has 0 fully saturated rings. The molecule has 0 spiro atoms. The smallest absolute Gasteiger partial charge is 0.122 e. The van der Waals surface area contributed by atoms with Crippen LogP contribution in [0.1, 0.15) is 43.7 Å². The predicted molar refractivity (Wildman–Crippen MR) is 79.7 cm³/mol. The van der Waals surface area contributed by atoms with Crippen molar-refractivity contribution in [2.75, 3.05) is 27.3 Å². The number of hydrogen-bond donors (Lipinski definition) is 1. The molecule has 0 bridgehead atoms. The molecule has 0 amide bonds. The molecule has 3 heteroatoms. The third-order valence-corrected chi connectivity index (χ3v) is 3.32. The van der Waals surface area contributed by atoms with Gasteiger partial charge in [0, 0.05) is 13.2 Å². The quantitative estimate of drug-likeness (QED) is 0.733. The Labute approximate surface area is 117 Å². The number of nitrogens with zero attached hydrogens (tertiary/aromatic N) is 1. The summed E-state index contributed by atoms with van der Waals surface area (Å²) in [4.78, 5) is 2.29. The first-order valence-corrected chi connectivity index (χ1v) is 7.04. The number of hydrogen-bond acceptors (Lipinski definition) is 3. The first kappa shape index (κ1) is 16.0. The molecule has 1 N–H and O–H groups in total. The highest BCUT2D eigenvalue weighted by molar-refractivity contribution is 5.39. The Hall–Kier alpha value is -1.06. The van der Waals surface area contributed by atoms with Gasteiger partial charge in [0.15, 0.2) is 0 Å². The van der Waals surface area contributed by atoms with E-state index < -0.39 is 0 Å². The van der Waals surface area contributed by atoms with Crippen molar-refractivity contribution in [3.8, 4) is 5.75 Å². The molecule has 3 nitrogen and oxygen atoms in total. The fourth-order valence-electron chi connectivity index (χ4n) is 2.22. The van der Waals surface area contributed by atoms with Gasteiger partial charge in [0.1, 0.15) is 5.75 Å². The van der Waals surface area contributed by atoms with E-state index in [1.807, 2.05) is 0 Å². The van der Waals surface area contributed by atoms with Gasteiger partial charge in [-0.15, -0.1) is 0 Å². The molecule has 0 aromatic heterocycles. The van der Waals surface area contributed by atoms with Crippen molar-refractivity contribution in [1.29, 1.82) is 0 Å². The summed E-state index contributed by atoms with van der Waals surface area (Å²) in [5, 5.41) is 8.79. The van der Waals surface area contributed by atoms with Crippen LogP contribution >= 0.6 is 0 Å². The van der Waals surface area contributed by atoms with Gasteiger partial charge in [0.05, 0.1) is 7.11 Å². The van der Waals surface area contributed by atoms with Crippen LogP contribution in [-0.2, 0) is 6.54 Å². The van der Waals surface area contributed by atoms with Gasteiger partial charge in [0.25, 0.3) is 0 Å². The summed E-state index contributed by atoms with van der Waals surface area (Å²) in [7, 11) is 3.85. The van der Waals surface area contributed by atoms with Crippen LogP contribution in [0.2, 0.25) is 0 Å². The maximum absolute atomic E-state index is 8.79. The fraction of sp³-hybridized carbons (Fsp3) is 0.625. The van der Waals surface area contributed by atoms with Crippen LogP contribution in [0.4, 0.5) is 0 Å². The molecule has 1 aromatic carbocycles. The molecule has 1 rings (SSSR count). The third-order valence-electron chi connectivity index (χ3n) is 3.32. The van der Waals surface area contributed by atoms with E-state index >= 15 is 0 Å². The molecule has 108 valence electrons. The molecule has 0 saturated heterocycles. The van der Waals surface area contributed by atoms with E-state index in [9.17, 15) is 0 Å². The number of aliphatic hydroxyl groups excluding tert-OH is 1. The minimum absolute atomic E-state index is 0.286. The minimum Gasteiger partial charge on any atom is -0.496 e. The molecule has 0 unspecified atom stereocenters. The molecule has 0 saturated carbocycles. The van der Waals surface area contributed by atoms with E-state index in [4.69, 9.17) is 9.84 Å². The number of ether oxygens (including phenoxy) is 1. The monoisotopic (exact) mass is 265 g/mol. The van der Waals surface area contributed by atoms with E-state index in [1.54, 1.807) is 7.11 Å². The average molecular weight is 265 g/mol. The zero-order valence-electron chi connectivity index (χ0n) is 12.6. The van der Waals surface area contributed by atoms with E-state index in [0.717, 1.165) is 31.7 Å². The molecule has 0 heterocycles. The summed E-state index contributed by atoms with van der Waals surface area (Å²) in [6.07, 6.45) is 1.92. The highest BCUT2D eigenvalue weighted by Gasteiger charge is 2.09. The summed E-state index contributed by atoms with van der Waals surface area (Å²) in [6.45, 7) is 6.62. The van der Waals surface area contributed by atoms with Crippen molar-refractivity contribution < 1.29 is 9.84 Å². The molecule has 0 radical (unpaired) electrons. The normalized spacial score (nSPS) is 11.3. The van der Waals surface area contributed by atoms with Gasteiger partial charge in [-0.1, -0.05) is 26.0 Å². The molecular formula is C16H27NO2. The number of rotatable bonds is 8. The van der Waals surface area contributed by atoms with Gasteiger partial charge in [0.2, 0.25) is 0 Å². The fourth-order valence-corrected chi connectivity index (χ4v) is 2.22. The third kappa shape index (κ3) is 5.21. The maximum atomic E-state index is 8.79. The second-order valence-electron chi connectivity index (χ2n) is 5.40. The zero-order chi connectivity index (χ0) is 14.3. The highest BCUT2D eigenvalue weighted by Crippen LogP contribution is 2.27. The van der Waals surface area contributed by atoms with Gasteiger partial charge in [-0.3, -0.25) is 0 Å². The van der Waals surface area contributed by atoms with Crippen molar-refractivity contribution in [1.82, 2.24) is 4.90 Å². The standard InChI is InChI=1S/C16H27NO2/c1-13(2)15-11-14(7-8-16(15)19-4)12-17(3)9-5-6-10-18/h7-8,11,13,18H,5-6,9-10,12H2,1-4H3. The number of unbranched alkanes of at least 4 members (excludes halogenated alkanes) is 1. The molecule has 19 heavy (non-hydrogen) atoms. The van der Waals surface area contributed by atoms with Crippen molar-refractivity contribution in [2.24, 2.45) is 0 Å². The van der Waals surface area contributed by atoms with Crippen LogP contribution in [0.5, 0.6) is 5.75 Å². The lowest BCUT2D eigenvalue weighted by molar-refractivity contribution is 0.261. The van der Waals surface area contributed by atoms with Crippen LogP contribution in [0, 0.1) is 0 Å². The second kappa shape index (κ2) is 8.18. The van der Waals surface area contributed by atoms with Crippen molar-refractivity contribution in [2.45, 2.75) is 39.2 Å². The second-order valence-corrected chi connectivity index (χ2v) is 5.40. The summed E-state index contributed by atoms with van der Waals surface area (Å²) in [6, 6.07) is 6.44. The minimum atomic E-state index is 0.286. The topological polar surface area (TPSA) is 32.7 Å². The van der Waals surface area contributed by atoms with Crippen LogP contribution in [0.15, 0.2) is 18.2 Å². The Kier molecular flexibility index (Phi) is 6.89. The van der Waals surface area contributed by atoms with E-state index in [1.165, 1.54) is 11.1 Å². The van der Waals surface area contributed by atoms with Crippen LogP contribution in [0.25, 0.3) is 0 Å². The first-order valence-electron chi connectivity index (χ1n) is 7.04. The summed E-state index contributed by atoms with van der Waals surface area (Å²) in [5.74, 6) is 1.44. The molecule has 0 aliphatic rings. The lowest BCUT2D eigenvalue weighted by Crippen LogP contribution is -2.19. The number of aliphatic hydroxyl groups is 1. The van der Waals surface area contributed by atoms with Gasteiger partial charge in [-0.2, -0.15) is 0 Å². The first-order chi connectivity index (χ1) is 9.08. The van der Waals surface area contributed by atoms with Crippen molar-refractivity contribution in [3.05, 3.63) is 29.3 Å². The largest absolute Gasteiger partial charge is 0.496 e. The van der Waals surface area contributed by atoms with E-state index in [0.29, 0.717) is 5.92 Å².